The lowest BCUT2D eigenvalue weighted by Crippen LogP contribution is -2.78. The largest absolute Gasteiger partial charge is 0.394 e. The summed E-state index contributed by atoms with van der Waals surface area (Å²) in [7, 11) is 0. The summed E-state index contributed by atoms with van der Waals surface area (Å²) in [5.74, 6) is 0. The van der Waals surface area contributed by atoms with Gasteiger partial charge in [0, 0.05) is 0 Å². The molecule has 38 heavy (non-hydrogen) atoms. The Morgan fingerprint density at radius 1 is 0.316 bits per heavy atom. The first-order valence-electron chi connectivity index (χ1n) is 12.5. The first-order valence-corrected chi connectivity index (χ1v) is 12.5. The van der Waals surface area contributed by atoms with E-state index in [0.29, 0.717) is 0 Å². The third kappa shape index (κ3) is 3.02. The van der Waals surface area contributed by atoms with Gasteiger partial charge in [-0.3, -0.25) is 0 Å². The van der Waals surface area contributed by atoms with Crippen LogP contribution in [0, 0.1) is 32.5 Å². The molecule has 0 aromatic heterocycles. The molecule has 14 heteroatoms. The number of halogens is 12. The molecule has 0 aromatic rings. The topological polar surface area (TPSA) is 40.5 Å². The first kappa shape index (κ1) is 27.3. The van der Waals surface area contributed by atoms with Crippen molar-refractivity contribution < 1.29 is 62.9 Å². The minimum Gasteiger partial charge on any atom is -0.390 e. The van der Waals surface area contributed by atoms with Crippen LogP contribution in [-0.2, 0) is 0 Å². The number of aliphatic hydroxyl groups is 2. The van der Waals surface area contributed by atoms with Gasteiger partial charge in [-0.05, 0) is 87.9 Å². The fourth-order valence-corrected chi connectivity index (χ4v) is 11.5. The molecule has 8 aliphatic rings. The van der Waals surface area contributed by atoms with E-state index >= 15 is 0 Å². The third-order valence-electron chi connectivity index (χ3n) is 11.6. The van der Waals surface area contributed by atoms with E-state index in [4.69, 9.17) is 0 Å². The lowest BCUT2D eigenvalue weighted by molar-refractivity contribution is -0.426. The Kier molecular flexibility index (Phi) is 4.61. The van der Waals surface area contributed by atoms with Gasteiger partial charge in [0.2, 0.25) is 0 Å². The highest BCUT2D eigenvalue weighted by molar-refractivity contribution is 5.30. The molecule has 0 aliphatic heterocycles. The molecular formula is C24H26F12O2. The Balaban J connectivity index is 1.62. The average Bonchev–Trinajstić information content (AvgIpc) is 2.60. The van der Waals surface area contributed by atoms with Crippen LogP contribution in [0.1, 0.15) is 77.0 Å². The maximum Gasteiger partial charge on any atom is 0.394 e. The Labute approximate surface area is 209 Å². The molecule has 8 rings (SSSR count). The van der Waals surface area contributed by atoms with Crippen molar-refractivity contribution in [3.05, 3.63) is 0 Å². The quantitative estimate of drug-likeness (QED) is 0.321. The van der Waals surface area contributed by atoms with E-state index in [0.717, 1.165) is 0 Å². The van der Waals surface area contributed by atoms with E-state index < -0.39 is 145 Å². The molecule has 2 N–H and O–H groups in total. The summed E-state index contributed by atoms with van der Waals surface area (Å²) in [5.41, 5.74) is -22.3. The van der Waals surface area contributed by atoms with Crippen LogP contribution >= 0.6 is 0 Å². The van der Waals surface area contributed by atoms with E-state index in [2.05, 4.69) is 0 Å². The maximum absolute atomic E-state index is 14.6. The zero-order chi connectivity index (χ0) is 28.5. The normalized spacial score (nSPS) is 54.2. The second-order valence-electron chi connectivity index (χ2n) is 14.2. The van der Waals surface area contributed by atoms with Gasteiger partial charge in [0.25, 0.3) is 0 Å². The van der Waals surface area contributed by atoms with Crippen molar-refractivity contribution >= 4 is 0 Å². The fraction of sp³-hybridized carbons (Fsp3) is 1.00. The van der Waals surface area contributed by atoms with Crippen LogP contribution in [0.5, 0.6) is 0 Å². The molecule has 4 unspecified atom stereocenters. The number of rotatable bonds is 1. The molecule has 8 bridgehead atoms. The van der Waals surface area contributed by atoms with Crippen LogP contribution in [-0.4, -0.2) is 46.1 Å². The van der Waals surface area contributed by atoms with Gasteiger partial charge >= 0.3 is 24.7 Å². The van der Waals surface area contributed by atoms with Gasteiger partial charge in [0.05, 0.1) is 32.9 Å². The summed E-state index contributed by atoms with van der Waals surface area (Å²) in [4.78, 5) is 0. The average molecular weight is 574 g/mol. The van der Waals surface area contributed by atoms with Gasteiger partial charge in [-0.15, -0.1) is 0 Å². The van der Waals surface area contributed by atoms with E-state index in [1.165, 1.54) is 0 Å². The zero-order valence-electron chi connectivity index (χ0n) is 19.9. The number of hydrogen-bond donors (Lipinski definition) is 2. The zero-order valence-corrected chi connectivity index (χ0v) is 19.9. The summed E-state index contributed by atoms with van der Waals surface area (Å²) in [6.07, 6.45) is -34.2. The molecule has 2 nitrogen and oxygen atoms in total. The molecule has 8 saturated carbocycles. The highest BCUT2D eigenvalue weighted by atomic mass is 19.4. The van der Waals surface area contributed by atoms with Crippen LogP contribution in [0.15, 0.2) is 0 Å². The van der Waals surface area contributed by atoms with Gasteiger partial charge < -0.3 is 10.2 Å². The molecule has 4 atom stereocenters. The molecular weight excluding hydrogens is 548 g/mol. The molecule has 8 aliphatic carbocycles. The summed E-state index contributed by atoms with van der Waals surface area (Å²) >= 11 is 0. The van der Waals surface area contributed by atoms with E-state index in [9.17, 15) is 62.9 Å². The Hall–Kier alpha value is -0.920. The maximum atomic E-state index is 14.6. The van der Waals surface area contributed by atoms with Crippen molar-refractivity contribution in [3.63, 3.8) is 0 Å². The molecule has 8 fully saturated rings. The number of alkyl halides is 12. The van der Waals surface area contributed by atoms with Gasteiger partial charge in [-0.25, -0.2) is 0 Å². The molecule has 0 amide bonds. The Morgan fingerprint density at radius 2 is 0.526 bits per heavy atom. The molecule has 0 radical (unpaired) electrons. The van der Waals surface area contributed by atoms with Crippen LogP contribution < -0.4 is 0 Å². The molecule has 0 heterocycles. The summed E-state index contributed by atoms with van der Waals surface area (Å²) in [6, 6.07) is 0. The second kappa shape index (κ2) is 6.43. The third-order valence-corrected chi connectivity index (χ3v) is 11.6. The SMILES string of the molecule is OC12CC3(C(F)(F)F)CC(C(F)(F)F)(C1)CC(C14CC5(O)CC(C(F)(F)F)(CC(C(F)(F)F)(C5)C1)C4)(C2)C3. The summed E-state index contributed by atoms with van der Waals surface area (Å²) < 4.78 is 175. The van der Waals surface area contributed by atoms with Gasteiger partial charge in [0.15, 0.2) is 0 Å². The standard InChI is InChI=1S/C24H26F12O2/c25-21(26,27)15-1-13(2-16(5-15,22(28,29)30)10-19(37,7-13)9-15)14-3-17(23(31,32)33)6-18(4-14,24(34,35)36)12-20(38,8-14)11-17/h37-38H,1-12H2. The fourth-order valence-electron chi connectivity index (χ4n) is 11.5. The van der Waals surface area contributed by atoms with Gasteiger partial charge in [-0.2, -0.15) is 52.7 Å². The highest BCUT2D eigenvalue weighted by Gasteiger charge is 2.87. The first-order chi connectivity index (χ1) is 16.7. The van der Waals surface area contributed by atoms with Crippen LogP contribution in [0.2, 0.25) is 0 Å². The second-order valence-corrected chi connectivity index (χ2v) is 14.2. The summed E-state index contributed by atoms with van der Waals surface area (Å²) in [5, 5.41) is 22.5. The lowest BCUT2D eigenvalue weighted by Gasteiger charge is -2.78. The van der Waals surface area contributed by atoms with Crippen molar-refractivity contribution in [2.45, 2.75) is 113 Å². The molecule has 218 valence electrons. The lowest BCUT2D eigenvalue weighted by atomic mass is 9.26. The van der Waals surface area contributed by atoms with Crippen LogP contribution in [0.4, 0.5) is 52.7 Å². The molecule has 0 aromatic carbocycles. The highest BCUT2D eigenvalue weighted by Crippen LogP contribution is 2.87. The number of hydrogen-bond acceptors (Lipinski definition) is 2. The van der Waals surface area contributed by atoms with E-state index in [-0.39, 0.29) is 0 Å². The predicted octanol–water partition coefficient (Wildman–Crippen LogP) is 7.38. The van der Waals surface area contributed by atoms with Gasteiger partial charge in [-0.1, -0.05) is 0 Å². The molecule has 0 spiro atoms. The minimum atomic E-state index is -5.29. The van der Waals surface area contributed by atoms with Crippen molar-refractivity contribution in [1.29, 1.82) is 0 Å². The van der Waals surface area contributed by atoms with Crippen molar-refractivity contribution in [2.24, 2.45) is 32.5 Å². The van der Waals surface area contributed by atoms with Crippen molar-refractivity contribution in [3.8, 4) is 0 Å². The Bertz CT molecular complexity index is 924. The van der Waals surface area contributed by atoms with Gasteiger partial charge in [0.1, 0.15) is 0 Å². The van der Waals surface area contributed by atoms with Crippen LogP contribution in [0.25, 0.3) is 0 Å². The molecule has 0 saturated heterocycles. The minimum absolute atomic E-state index is 0.756. The van der Waals surface area contributed by atoms with Crippen molar-refractivity contribution in [1.82, 2.24) is 0 Å². The van der Waals surface area contributed by atoms with Crippen LogP contribution in [0.3, 0.4) is 0 Å². The predicted molar refractivity (Wildman–Crippen MR) is 104 cm³/mol. The van der Waals surface area contributed by atoms with E-state index in [1.807, 2.05) is 0 Å². The smallest absolute Gasteiger partial charge is 0.390 e. The Morgan fingerprint density at radius 3 is 0.711 bits per heavy atom. The van der Waals surface area contributed by atoms with Crippen molar-refractivity contribution in [2.75, 3.05) is 0 Å². The monoisotopic (exact) mass is 574 g/mol. The summed E-state index contributed by atoms with van der Waals surface area (Å²) in [6.45, 7) is 0. The van der Waals surface area contributed by atoms with E-state index in [1.54, 1.807) is 0 Å².